The molecule has 0 heterocycles. The Morgan fingerprint density at radius 1 is 1.50 bits per heavy atom. The molecule has 3 rings (SSSR count). The van der Waals surface area contributed by atoms with Crippen LogP contribution in [-0.4, -0.2) is 17.6 Å². The third-order valence-electron chi connectivity index (χ3n) is 5.19. The number of carboxylic acid groups (broad SMARTS) is 1. The SMILES string of the molecule is NC[C@]1(CC(=O)O)C[C@H]2CCC23CC31. The molecule has 78 valence electrons. The summed E-state index contributed by atoms with van der Waals surface area (Å²) in [5.41, 5.74) is 6.36. The van der Waals surface area contributed by atoms with E-state index in [1.54, 1.807) is 0 Å². The molecule has 2 unspecified atom stereocenters. The average Bonchev–Trinajstić information content (AvgIpc) is 2.83. The third-order valence-corrected chi connectivity index (χ3v) is 5.19. The fraction of sp³-hybridized carbons (Fsp3) is 0.909. The van der Waals surface area contributed by atoms with E-state index < -0.39 is 5.97 Å². The van der Waals surface area contributed by atoms with Gasteiger partial charge in [-0.25, -0.2) is 0 Å². The first-order valence-electron chi connectivity index (χ1n) is 5.55. The van der Waals surface area contributed by atoms with Crippen LogP contribution in [0.3, 0.4) is 0 Å². The van der Waals surface area contributed by atoms with Crippen LogP contribution in [0.1, 0.15) is 32.1 Å². The zero-order valence-corrected chi connectivity index (χ0v) is 8.33. The Morgan fingerprint density at radius 2 is 2.29 bits per heavy atom. The zero-order valence-electron chi connectivity index (χ0n) is 8.33. The molecule has 0 aromatic heterocycles. The Labute approximate surface area is 83.7 Å². The first-order valence-corrected chi connectivity index (χ1v) is 5.55. The van der Waals surface area contributed by atoms with Gasteiger partial charge in [-0.3, -0.25) is 4.79 Å². The van der Waals surface area contributed by atoms with E-state index in [0.717, 1.165) is 12.3 Å². The zero-order chi connectivity index (χ0) is 9.97. The fourth-order valence-corrected chi connectivity index (χ4v) is 4.33. The molecule has 0 aromatic carbocycles. The third kappa shape index (κ3) is 0.800. The van der Waals surface area contributed by atoms with Gasteiger partial charge in [0.25, 0.3) is 0 Å². The lowest BCUT2D eigenvalue weighted by atomic mass is 9.70. The van der Waals surface area contributed by atoms with E-state index in [1.807, 2.05) is 0 Å². The number of rotatable bonds is 3. The maximum Gasteiger partial charge on any atom is 0.303 e. The predicted octanol–water partition coefficient (Wildman–Crippen LogP) is 1.23. The van der Waals surface area contributed by atoms with Gasteiger partial charge >= 0.3 is 5.97 Å². The summed E-state index contributed by atoms with van der Waals surface area (Å²) in [4.78, 5) is 10.9. The first kappa shape index (κ1) is 8.72. The van der Waals surface area contributed by atoms with Crippen LogP contribution >= 0.6 is 0 Å². The lowest BCUT2D eigenvalue weighted by Crippen LogP contribution is -2.34. The van der Waals surface area contributed by atoms with Crippen molar-refractivity contribution in [3.8, 4) is 0 Å². The van der Waals surface area contributed by atoms with Crippen LogP contribution in [0.15, 0.2) is 0 Å². The standard InChI is InChI=1S/C11H17NO2/c12-6-10(5-9(13)14)3-7-1-2-11(7)4-8(10)11/h7-8H,1-6,12H2,(H,13,14)/t7-,8?,10-,11?/m1/s1. The van der Waals surface area contributed by atoms with Crippen molar-refractivity contribution in [2.45, 2.75) is 32.1 Å². The van der Waals surface area contributed by atoms with Crippen molar-refractivity contribution in [1.29, 1.82) is 0 Å². The molecule has 3 N–H and O–H groups in total. The van der Waals surface area contributed by atoms with E-state index in [9.17, 15) is 4.79 Å². The Balaban J connectivity index is 1.85. The summed E-state index contributed by atoms with van der Waals surface area (Å²) < 4.78 is 0. The smallest absolute Gasteiger partial charge is 0.303 e. The van der Waals surface area contributed by atoms with Gasteiger partial charge in [0.2, 0.25) is 0 Å². The fourth-order valence-electron chi connectivity index (χ4n) is 4.33. The minimum atomic E-state index is -0.668. The molecule has 3 fully saturated rings. The molecule has 0 saturated heterocycles. The molecule has 14 heavy (non-hydrogen) atoms. The topological polar surface area (TPSA) is 63.3 Å². The van der Waals surface area contributed by atoms with Crippen LogP contribution in [0.25, 0.3) is 0 Å². The van der Waals surface area contributed by atoms with E-state index in [2.05, 4.69) is 0 Å². The number of hydrogen-bond donors (Lipinski definition) is 2. The molecule has 0 radical (unpaired) electrons. The van der Waals surface area contributed by atoms with E-state index in [-0.39, 0.29) is 5.41 Å². The summed E-state index contributed by atoms with van der Waals surface area (Å²) in [6.45, 7) is 0.572. The molecule has 0 amide bonds. The number of carbonyl (C=O) groups is 1. The second-order valence-corrected chi connectivity index (χ2v) is 5.57. The average molecular weight is 195 g/mol. The van der Waals surface area contributed by atoms with Crippen molar-refractivity contribution in [3.63, 3.8) is 0 Å². The number of nitrogens with two attached hydrogens (primary N) is 1. The van der Waals surface area contributed by atoms with Crippen molar-refractivity contribution >= 4 is 5.97 Å². The summed E-state index contributed by atoms with van der Waals surface area (Å²) in [7, 11) is 0. The molecule has 0 aromatic rings. The lowest BCUT2D eigenvalue weighted by Gasteiger charge is -2.35. The molecule has 0 bridgehead atoms. The molecule has 0 aliphatic heterocycles. The first-order chi connectivity index (χ1) is 6.63. The van der Waals surface area contributed by atoms with E-state index in [0.29, 0.717) is 24.3 Å². The number of carboxylic acids is 1. The van der Waals surface area contributed by atoms with Gasteiger partial charge in [-0.05, 0) is 54.9 Å². The predicted molar refractivity (Wildman–Crippen MR) is 51.6 cm³/mol. The van der Waals surface area contributed by atoms with Gasteiger partial charge in [-0.2, -0.15) is 0 Å². The molecule has 3 nitrogen and oxygen atoms in total. The van der Waals surface area contributed by atoms with Crippen molar-refractivity contribution in [3.05, 3.63) is 0 Å². The second kappa shape index (κ2) is 2.32. The molecule has 3 heteroatoms. The Hall–Kier alpha value is -0.570. The lowest BCUT2D eigenvalue weighted by molar-refractivity contribution is -0.140. The maximum atomic E-state index is 10.9. The van der Waals surface area contributed by atoms with E-state index in [1.165, 1.54) is 19.3 Å². The molecule has 3 aliphatic carbocycles. The highest BCUT2D eigenvalue weighted by molar-refractivity contribution is 5.68. The molecule has 3 aliphatic rings. The second-order valence-electron chi connectivity index (χ2n) is 5.57. The summed E-state index contributed by atoms with van der Waals surface area (Å²) >= 11 is 0. The van der Waals surface area contributed by atoms with Gasteiger partial charge < -0.3 is 10.8 Å². The van der Waals surface area contributed by atoms with E-state index >= 15 is 0 Å². The van der Waals surface area contributed by atoms with Crippen LogP contribution in [-0.2, 0) is 4.79 Å². The highest BCUT2D eigenvalue weighted by atomic mass is 16.4. The van der Waals surface area contributed by atoms with Gasteiger partial charge in [0.15, 0.2) is 0 Å². The van der Waals surface area contributed by atoms with Gasteiger partial charge in [0.1, 0.15) is 0 Å². The quantitative estimate of drug-likeness (QED) is 0.711. The van der Waals surface area contributed by atoms with Crippen LogP contribution in [0.2, 0.25) is 0 Å². The molecular weight excluding hydrogens is 178 g/mol. The summed E-state index contributed by atoms with van der Waals surface area (Å²) in [6.07, 6.45) is 5.30. The monoisotopic (exact) mass is 195 g/mol. The molecule has 4 atom stereocenters. The highest BCUT2D eigenvalue weighted by Gasteiger charge is 2.75. The van der Waals surface area contributed by atoms with E-state index in [4.69, 9.17) is 10.8 Å². The van der Waals surface area contributed by atoms with Crippen molar-refractivity contribution < 1.29 is 9.90 Å². The van der Waals surface area contributed by atoms with Gasteiger partial charge in [0, 0.05) is 0 Å². The summed E-state index contributed by atoms with van der Waals surface area (Å²) in [5, 5.41) is 8.94. The van der Waals surface area contributed by atoms with Crippen LogP contribution < -0.4 is 5.73 Å². The van der Waals surface area contributed by atoms with Gasteiger partial charge in [-0.15, -0.1) is 0 Å². The minimum Gasteiger partial charge on any atom is -0.481 e. The molecule has 3 saturated carbocycles. The minimum absolute atomic E-state index is 0.0347. The molecular formula is C11H17NO2. The van der Waals surface area contributed by atoms with Gasteiger partial charge in [0.05, 0.1) is 6.42 Å². The number of aliphatic carboxylic acids is 1. The summed E-state index contributed by atoms with van der Waals surface area (Å²) in [5.74, 6) is 0.795. The normalized spacial score (nSPS) is 53.2. The highest BCUT2D eigenvalue weighted by Crippen LogP contribution is 2.81. The van der Waals surface area contributed by atoms with Crippen LogP contribution in [0, 0.1) is 22.7 Å². The van der Waals surface area contributed by atoms with Gasteiger partial charge in [-0.1, -0.05) is 0 Å². The van der Waals surface area contributed by atoms with Crippen molar-refractivity contribution in [2.75, 3.05) is 6.54 Å². The maximum absolute atomic E-state index is 10.9. The molecule has 1 spiro atoms. The Morgan fingerprint density at radius 3 is 2.57 bits per heavy atom. The van der Waals surface area contributed by atoms with Crippen LogP contribution in [0.4, 0.5) is 0 Å². The Bertz CT molecular complexity index is 304. The number of hydrogen-bond acceptors (Lipinski definition) is 2. The summed E-state index contributed by atoms with van der Waals surface area (Å²) in [6, 6.07) is 0. The van der Waals surface area contributed by atoms with Crippen molar-refractivity contribution in [2.24, 2.45) is 28.4 Å². The van der Waals surface area contributed by atoms with Crippen LogP contribution in [0.5, 0.6) is 0 Å². The Kier molecular flexibility index (Phi) is 1.45. The largest absolute Gasteiger partial charge is 0.481 e. The van der Waals surface area contributed by atoms with Crippen molar-refractivity contribution in [1.82, 2.24) is 0 Å².